The van der Waals surface area contributed by atoms with E-state index in [1.165, 1.54) is 15.6 Å². The van der Waals surface area contributed by atoms with Crippen molar-refractivity contribution in [2.75, 3.05) is 0 Å². The van der Waals surface area contributed by atoms with Gasteiger partial charge in [0.1, 0.15) is 5.84 Å². The van der Waals surface area contributed by atoms with E-state index >= 15 is 0 Å². The predicted octanol–water partition coefficient (Wildman–Crippen LogP) is 4.54. The number of rotatable bonds is 4. The molecule has 0 aliphatic rings. The van der Waals surface area contributed by atoms with Gasteiger partial charge in [0.25, 0.3) is 0 Å². The van der Waals surface area contributed by atoms with Crippen LogP contribution in [0.25, 0.3) is 21.0 Å². The fraction of sp³-hybridized carbons (Fsp3) is 0.100. The second kappa shape index (κ2) is 7.06. The topological polar surface area (TPSA) is 86.4 Å². The number of aromatic nitrogens is 1. The molecule has 5 nitrogen and oxygen atoms in total. The maximum absolute atomic E-state index is 11.0. The average Bonchev–Trinajstić information content (AvgIpc) is 3.17. The number of nitrogens with two attached hydrogens (primary N) is 2. The van der Waals surface area contributed by atoms with E-state index in [1.54, 1.807) is 11.3 Å². The Morgan fingerprint density at radius 1 is 1.11 bits per heavy atom. The van der Waals surface area contributed by atoms with Gasteiger partial charge in [0, 0.05) is 39.8 Å². The molecule has 2 aromatic carbocycles. The molecule has 0 aliphatic heterocycles. The van der Waals surface area contributed by atoms with Gasteiger partial charge in [-0.2, -0.15) is 4.99 Å². The van der Waals surface area contributed by atoms with Crippen molar-refractivity contribution in [3.8, 4) is 0 Å². The van der Waals surface area contributed by atoms with Gasteiger partial charge in [-0.15, -0.1) is 11.3 Å². The lowest BCUT2D eigenvalue weighted by atomic mass is 10.1. The number of halogens is 1. The lowest BCUT2D eigenvalue weighted by molar-refractivity contribution is 0.256. The zero-order valence-electron chi connectivity index (χ0n) is 14.4. The smallest absolute Gasteiger partial charge is 0.339 e. The molecule has 0 bridgehead atoms. The minimum atomic E-state index is -0.780. The Hall–Kier alpha value is -2.83. The molecule has 0 saturated heterocycles. The Bertz CT molecular complexity index is 1190. The number of carbonyl (C=O) groups excluding carboxylic acids is 1. The molecule has 0 aliphatic carbocycles. The summed E-state index contributed by atoms with van der Waals surface area (Å²) in [7, 11) is 0. The summed E-state index contributed by atoms with van der Waals surface area (Å²) in [6, 6.07) is 13.3. The van der Waals surface area contributed by atoms with Crippen molar-refractivity contribution in [3.63, 3.8) is 0 Å². The minimum Gasteiger partial charge on any atom is -0.387 e. The van der Waals surface area contributed by atoms with Gasteiger partial charge in [-0.1, -0.05) is 29.8 Å². The van der Waals surface area contributed by atoms with Crippen molar-refractivity contribution >= 4 is 55.8 Å². The first-order chi connectivity index (χ1) is 13.0. The van der Waals surface area contributed by atoms with Crippen LogP contribution in [0.1, 0.15) is 11.1 Å². The number of benzene rings is 2. The highest BCUT2D eigenvalue weighted by atomic mass is 35.5. The van der Waals surface area contributed by atoms with Gasteiger partial charge in [-0.3, -0.25) is 0 Å². The summed E-state index contributed by atoms with van der Waals surface area (Å²) in [6.07, 6.45) is 2.43. The molecule has 4 aromatic rings. The third kappa shape index (κ3) is 3.54. The summed E-state index contributed by atoms with van der Waals surface area (Å²) >= 11 is 7.89. The molecular formula is C20H17ClN4OS. The summed E-state index contributed by atoms with van der Waals surface area (Å²) in [5.41, 5.74) is 14.3. The Balaban J connectivity index is 1.75. The van der Waals surface area contributed by atoms with Crippen LogP contribution < -0.4 is 11.5 Å². The monoisotopic (exact) mass is 396 g/mol. The van der Waals surface area contributed by atoms with E-state index < -0.39 is 6.03 Å². The third-order valence-corrected chi connectivity index (χ3v) is 5.70. The summed E-state index contributed by atoms with van der Waals surface area (Å²) in [5, 5.41) is 5.15. The highest BCUT2D eigenvalue weighted by molar-refractivity contribution is 7.17. The quantitative estimate of drug-likeness (QED) is 0.392. The first kappa shape index (κ1) is 17.6. The van der Waals surface area contributed by atoms with E-state index in [4.69, 9.17) is 23.1 Å². The lowest BCUT2D eigenvalue weighted by Gasteiger charge is -2.05. The summed E-state index contributed by atoms with van der Waals surface area (Å²) in [5.74, 6) is 0.207. The number of aliphatic imine (C=N–C) groups is 1. The van der Waals surface area contributed by atoms with Crippen LogP contribution in [-0.4, -0.2) is 16.4 Å². The van der Waals surface area contributed by atoms with Crippen molar-refractivity contribution in [1.82, 2.24) is 4.57 Å². The number of para-hydroxylation sites is 1. The SMILES string of the molecule is NC(=O)/N=C(\N)Cc1cn(Cc2csc3ccc(Cl)cc23)c2ccccc12. The number of thiophene rings is 1. The number of amides is 2. The van der Waals surface area contributed by atoms with Gasteiger partial charge in [0.05, 0.1) is 0 Å². The Morgan fingerprint density at radius 2 is 1.93 bits per heavy atom. The molecule has 2 amide bonds. The number of amidine groups is 1. The Kier molecular flexibility index (Phi) is 4.59. The standard InChI is InChI=1S/C20H17ClN4OS/c21-14-5-6-18-16(8-14)13(11-27-18)10-25-9-12(7-19(22)24-20(23)26)15-3-1-2-4-17(15)25/h1-6,8-9,11H,7,10H2,(H4,22,23,24,26). The molecule has 27 heavy (non-hydrogen) atoms. The number of hydrogen-bond acceptors (Lipinski definition) is 2. The second-order valence-corrected chi connectivity index (χ2v) is 7.67. The van der Waals surface area contributed by atoms with Gasteiger partial charge in [0.2, 0.25) is 0 Å². The minimum absolute atomic E-state index is 0.207. The van der Waals surface area contributed by atoms with Crippen LogP contribution >= 0.6 is 22.9 Å². The van der Waals surface area contributed by atoms with Gasteiger partial charge < -0.3 is 16.0 Å². The number of nitrogens with zero attached hydrogens (tertiary/aromatic N) is 2. The first-order valence-electron chi connectivity index (χ1n) is 8.36. The zero-order chi connectivity index (χ0) is 19.0. The molecular weight excluding hydrogens is 380 g/mol. The fourth-order valence-electron chi connectivity index (χ4n) is 3.33. The number of urea groups is 1. The largest absolute Gasteiger partial charge is 0.387 e. The predicted molar refractivity (Wildman–Crippen MR) is 113 cm³/mol. The molecule has 0 radical (unpaired) electrons. The van der Waals surface area contributed by atoms with Crippen LogP contribution in [-0.2, 0) is 13.0 Å². The number of primary amides is 1. The van der Waals surface area contributed by atoms with Crippen molar-refractivity contribution in [1.29, 1.82) is 0 Å². The Labute approximate surface area is 164 Å². The van der Waals surface area contributed by atoms with Crippen molar-refractivity contribution in [2.45, 2.75) is 13.0 Å². The molecule has 2 heterocycles. The van der Waals surface area contributed by atoms with Crippen LogP contribution in [0.3, 0.4) is 0 Å². The summed E-state index contributed by atoms with van der Waals surface area (Å²) < 4.78 is 3.40. The van der Waals surface area contributed by atoms with Crippen molar-refractivity contribution < 1.29 is 4.79 Å². The van der Waals surface area contributed by atoms with Crippen LogP contribution in [0.5, 0.6) is 0 Å². The normalized spacial score (nSPS) is 12.1. The van der Waals surface area contributed by atoms with Crippen LogP contribution in [0, 0.1) is 0 Å². The van der Waals surface area contributed by atoms with E-state index in [0.29, 0.717) is 13.0 Å². The van der Waals surface area contributed by atoms with Gasteiger partial charge in [0.15, 0.2) is 0 Å². The number of fused-ring (bicyclic) bond motifs is 2. The van der Waals surface area contributed by atoms with Crippen LogP contribution in [0.2, 0.25) is 5.02 Å². The number of hydrogen-bond donors (Lipinski definition) is 2. The molecule has 2 aromatic heterocycles. The fourth-order valence-corrected chi connectivity index (χ4v) is 4.44. The first-order valence-corrected chi connectivity index (χ1v) is 9.62. The van der Waals surface area contributed by atoms with Gasteiger partial charge >= 0.3 is 6.03 Å². The van der Waals surface area contributed by atoms with Gasteiger partial charge in [-0.25, -0.2) is 4.79 Å². The molecule has 4 N–H and O–H groups in total. The van der Waals surface area contributed by atoms with Crippen molar-refractivity contribution in [3.05, 3.63) is 70.2 Å². The molecule has 7 heteroatoms. The molecule has 0 saturated carbocycles. The summed E-state index contributed by atoms with van der Waals surface area (Å²) in [6.45, 7) is 0.716. The third-order valence-electron chi connectivity index (χ3n) is 4.45. The maximum atomic E-state index is 11.0. The van der Waals surface area contributed by atoms with Gasteiger partial charge in [-0.05, 0) is 46.2 Å². The second-order valence-electron chi connectivity index (χ2n) is 6.32. The van der Waals surface area contributed by atoms with E-state index in [2.05, 4.69) is 27.2 Å². The van der Waals surface area contributed by atoms with Crippen LogP contribution in [0.4, 0.5) is 4.79 Å². The molecule has 0 atom stereocenters. The highest BCUT2D eigenvalue weighted by Crippen LogP contribution is 2.31. The zero-order valence-corrected chi connectivity index (χ0v) is 15.9. The Morgan fingerprint density at radius 3 is 2.74 bits per heavy atom. The molecule has 0 fully saturated rings. The number of carbonyl (C=O) groups is 1. The van der Waals surface area contributed by atoms with E-state index in [0.717, 1.165) is 21.5 Å². The van der Waals surface area contributed by atoms with E-state index in [-0.39, 0.29) is 5.84 Å². The van der Waals surface area contributed by atoms with Crippen molar-refractivity contribution in [2.24, 2.45) is 16.5 Å². The van der Waals surface area contributed by atoms with E-state index in [1.807, 2.05) is 36.4 Å². The molecule has 0 spiro atoms. The molecule has 4 rings (SSSR count). The lowest BCUT2D eigenvalue weighted by Crippen LogP contribution is -2.19. The molecule has 0 unspecified atom stereocenters. The van der Waals surface area contributed by atoms with Crippen LogP contribution in [0.15, 0.2) is 59.0 Å². The average molecular weight is 397 g/mol. The molecule has 136 valence electrons. The highest BCUT2D eigenvalue weighted by Gasteiger charge is 2.12. The summed E-state index contributed by atoms with van der Waals surface area (Å²) in [4.78, 5) is 14.6. The van der Waals surface area contributed by atoms with E-state index in [9.17, 15) is 4.79 Å². The maximum Gasteiger partial charge on any atom is 0.339 e.